The molecule has 0 N–H and O–H groups in total. The number of carbonyl (C=O) groups excluding carboxylic acids is 3. The molecular formula is C32H45FN18O12. The Balaban J connectivity index is 1.82. The summed E-state index contributed by atoms with van der Waals surface area (Å²) in [5, 5.41) is 22.0. The SMILES string of the molecule is CCC1OC(OC2C(OC(C)=O)C(N=[N+]=[N-])CC(N=[N+]=[N-])C2OC2OC(CN=[N+]=[N-])C(C)C(F)C2N=[N+]=[N-])C(OC(C)=O)C1OC1OC(CN=[N+]=[N-])C(OC(C)=O)C(C)C1N=[N+]=[N-]. The number of alkyl halides is 1. The lowest BCUT2D eigenvalue weighted by Gasteiger charge is -2.47. The molecule has 4 rings (SSSR count). The smallest absolute Gasteiger partial charge is 0.303 e. The quantitative estimate of drug-likeness (QED) is 0.0512. The van der Waals surface area contributed by atoms with E-state index in [1.54, 1.807) is 13.8 Å². The number of hydrogen-bond acceptors (Lipinski definition) is 18. The molecule has 342 valence electrons. The molecule has 0 radical (unpaired) electrons. The fourth-order valence-electron chi connectivity index (χ4n) is 7.98. The minimum Gasteiger partial charge on any atom is -0.459 e. The van der Waals surface area contributed by atoms with Gasteiger partial charge in [-0.25, -0.2) is 4.39 Å². The summed E-state index contributed by atoms with van der Waals surface area (Å²) in [6.07, 6.45) is -19.3. The Bertz CT molecular complexity index is 1950. The molecule has 63 heavy (non-hydrogen) atoms. The van der Waals surface area contributed by atoms with Crippen molar-refractivity contribution in [1.29, 1.82) is 0 Å². The maximum absolute atomic E-state index is 16.0. The number of esters is 3. The van der Waals surface area contributed by atoms with Gasteiger partial charge < -0.3 is 42.6 Å². The van der Waals surface area contributed by atoms with Crippen molar-refractivity contribution in [3.63, 3.8) is 0 Å². The maximum Gasteiger partial charge on any atom is 0.303 e. The summed E-state index contributed by atoms with van der Waals surface area (Å²) in [4.78, 5) is 54.3. The number of halogens is 1. The molecule has 4 fully saturated rings. The molecule has 0 aromatic carbocycles. The van der Waals surface area contributed by atoms with Crippen molar-refractivity contribution in [2.75, 3.05) is 13.1 Å². The minimum atomic E-state index is -1.94. The Hall–Kier alpha value is -6.04. The predicted molar refractivity (Wildman–Crippen MR) is 205 cm³/mol. The summed E-state index contributed by atoms with van der Waals surface area (Å²) >= 11 is 0. The highest BCUT2D eigenvalue weighted by Gasteiger charge is 2.57. The van der Waals surface area contributed by atoms with Gasteiger partial charge in [-0.3, -0.25) is 14.4 Å². The Labute approximate surface area is 356 Å². The third-order valence-corrected chi connectivity index (χ3v) is 10.8. The van der Waals surface area contributed by atoms with Crippen LogP contribution in [0.1, 0.15) is 54.4 Å². The van der Waals surface area contributed by atoms with Gasteiger partial charge in [0, 0.05) is 62.1 Å². The number of hydrogen-bond donors (Lipinski definition) is 0. The number of ether oxygens (including phenoxy) is 9. The molecule has 3 saturated heterocycles. The van der Waals surface area contributed by atoms with Crippen LogP contribution in [0.15, 0.2) is 30.7 Å². The first-order valence-corrected chi connectivity index (χ1v) is 19.4. The van der Waals surface area contributed by atoms with Crippen LogP contribution in [-0.2, 0) is 57.0 Å². The first-order valence-electron chi connectivity index (χ1n) is 19.4. The average Bonchev–Trinajstić information content (AvgIpc) is 3.55. The molecule has 3 aliphatic heterocycles. The highest BCUT2D eigenvalue weighted by Crippen LogP contribution is 2.41. The van der Waals surface area contributed by atoms with E-state index in [0.29, 0.717) is 0 Å². The summed E-state index contributed by atoms with van der Waals surface area (Å²) in [6.45, 7) is 7.21. The van der Waals surface area contributed by atoms with Crippen LogP contribution in [0.25, 0.3) is 62.7 Å². The highest BCUT2D eigenvalue weighted by atomic mass is 19.1. The Morgan fingerprint density at radius 2 is 1.02 bits per heavy atom. The highest BCUT2D eigenvalue weighted by molar-refractivity contribution is 5.67. The summed E-state index contributed by atoms with van der Waals surface area (Å²) in [5.74, 6) is -4.29. The van der Waals surface area contributed by atoms with Gasteiger partial charge in [0.05, 0.1) is 49.5 Å². The summed E-state index contributed by atoms with van der Waals surface area (Å²) in [5.41, 5.74) is 56.2. The zero-order valence-electron chi connectivity index (χ0n) is 34.6. The first kappa shape index (κ1) is 49.6. The van der Waals surface area contributed by atoms with Crippen molar-refractivity contribution < 1.29 is 61.4 Å². The van der Waals surface area contributed by atoms with Gasteiger partial charge in [0.25, 0.3) is 0 Å². The van der Waals surface area contributed by atoms with Gasteiger partial charge in [-0.1, -0.05) is 51.5 Å². The largest absolute Gasteiger partial charge is 0.459 e. The van der Waals surface area contributed by atoms with E-state index in [4.69, 9.17) is 53.7 Å². The third kappa shape index (κ3) is 12.1. The molecule has 0 aromatic rings. The molecule has 19 atom stereocenters. The van der Waals surface area contributed by atoms with Crippen molar-refractivity contribution in [2.45, 2.75) is 159 Å². The molecule has 19 unspecified atom stereocenters. The molecule has 30 nitrogen and oxygen atoms in total. The Morgan fingerprint density at radius 3 is 1.57 bits per heavy atom. The minimum absolute atomic E-state index is 0.127. The van der Waals surface area contributed by atoms with Crippen molar-refractivity contribution in [3.8, 4) is 0 Å². The number of carbonyl (C=O) groups is 3. The Morgan fingerprint density at radius 1 is 0.556 bits per heavy atom. The topological polar surface area (TPSA) is 427 Å². The Kier molecular flexibility index (Phi) is 18.4. The zero-order chi connectivity index (χ0) is 46.4. The van der Waals surface area contributed by atoms with E-state index in [9.17, 15) is 36.5 Å². The number of azide groups is 6. The van der Waals surface area contributed by atoms with Gasteiger partial charge >= 0.3 is 17.9 Å². The number of nitrogens with zero attached hydrogens (tertiary/aromatic N) is 18. The van der Waals surface area contributed by atoms with Gasteiger partial charge in [-0.2, -0.15) is 0 Å². The van der Waals surface area contributed by atoms with Gasteiger partial charge in [0.15, 0.2) is 25.0 Å². The molecule has 1 aliphatic carbocycles. The van der Waals surface area contributed by atoms with E-state index in [-0.39, 0.29) is 25.9 Å². The fourth-order valence-corrected chi connectivity index (χ4v) is 7.98. The molecule has 0 aromatic heterocycles. The lowest BCUT2D eigenvalue weighted by atomic mass is 9.83. The third-order valence-electron chi connectivity index (χ3n) is 10.8. The van der Waals surface area contributed by atoms with E-state index in [0.717, 1.165) is 20.8 Å². The van der Waals surface area contributed by atoms with E-state index < -0.39 is 134 Å². The predicted octanol–water partition coefficient (Wildman–Crippen LogP) is 5.87. The van der Waals surface area contributed by atoms with Crippen LogP contribution >= 0.6 is 0 Å². The molecule has 0 amide bonds. The maximum atomic E-state index is 16.0. The van der Waals surface area contributed by atoms with Crippen LogP contribution < -0.4 is 0 Å². The number of rotatable bonds is 18. The zero-order valence-corrected chi connectivity index (χ0v) is 34.6. The van der Waals surface area contributed by atoms with Crippen LogP contribution in [0.3, 0.4) is 0 Å². The van der Waals surface area contributed by atoms with E-state index >= 15 is 4.39 Å². The van der Waals surface area contributed by atoms with Crippen molar-refractivity contribution >= 4 is 17.9 Å². The van der Waals surface area contributed by atoms with Crippen LogP contribution in [0.4, 0.5) is 4.39 Å². The van der Waals surface area contributed by atoms with Crippen LogP contribution in [0, 0.1) is 11.8 Å². The van der Waals surface area contributed by atoms with Gasteiger partial charge in [-0.15, -0.1) is 0 Å². The molecule has 4 aliphatic rings. The first-order chi connectivity index (χ1) is 30.2. The molecule has 31 heteroatoms. The second-order valence-corrected chi connectivity index (χ2v) is 14.7. The van der Waals surface area contributed by atoms with Crippen molar-refractivity contribution in [2.24, 2.45) is 42.5 Å². The molecule has 0 bridgehead atoms. The van der Waals surface area contributed by atoms with E-state index in [2.05, 4.69) is 60.2 Å². The standard InChI is InChI=1S/C32H45FN18O12/c1-7-18-27(62-30-22(44-50-38)12(3)24(55-13(4)52)20(60-30)10-41-47-35)29(57-15(6)54)32(58-18)63-28-25(56-14(5)53)16(42-48-36)8-17(43-49-37)26(28)61-31-23(45-51-39)21(33)11(2)19(59-31)9-40-46-34/h11-12,16-32H,7-10H2,1-6H3. The second kappa shape index (κ2) is 23.4. The van der Waals surface area contributed by atoms with Crippen molar-refractivity contribution in [1.82, 2.24) is 0 Å². The molecular weight excluding hydrogens is 847 g/mol. The van der Waals surface area contributed by atoms with Gasteiger partial charge in [-0.05, 0) is 46.0 Å². The van der Waals surface area contributed by atoms with Gasteiger partial charge in [0.1, 0.15) is 42.7 Å². The molecule has 3 heterocycles. The normalized spacial score (nSPS) is 38.2. The van der Waals surface area contributed by atoms with E-state index in [1.807, 2.05) is 0 Å². The van der Waals surface area contributed by atoms with Crippen molar-refractivity contribution in [3.05, 3.63) is 62.7 Å². The monoisotopic (exact) mass is 892 g/mol. The van der Waals surface area contributed by atoms with Gasteiger partial charge in [0.2, 0.25) is 0 Å². The summed E-state index contributed by atoms with van der Waals surface area (Å²) in [7, 11) is 0. The van der Waals surface area contributed by atoms with Crippen LogP contribution in [-0.4, -0.2) is 135 Å². The second-order valence-electron chi connectivity index (χ2n) is 14.7. The van der Waals surface area contributed by atoms with Crippen LogP contribution in [0.5, 0.6) is 0 Å². The van der Waals surface area contributed by atoms with E-state index in [1.165, 1.54) is 6.92 Å². The molecule has 1 saturated carbocycles. The van der Waals surface area contributed by atoms with Crippen LogP contribution in [0.2, 0.25) is 0 Å². The lowest BCUT2D eigenvalue weighted by molar-refractivity contribution is -0.298. The summed E-state index contributed by atoms with van der Waals surface area (Å²) < 4.78 is 70.4. The fraction of sp³-hybridized carbons (Fsp3) is 0.906. The average molecular weight is 893 g/mol. The molecule has 0 spiro atoms. The summed E-state index contributed by atoms with van der Waals surface area (Å²) in [6, 6.07) is -5.60. The lowest BCUT2D eigenvalue weighted by Crippen LogP contribution is -2.62.